The van der Waals surface area contributed by atoms with Crippen molar-refractivity contribution in [3.05, 3.63) is 57.3 Å². The van der Waals surface area contributed by atoms with Gasteiger partial charge in [0.05, 0.1) is 22.2 Å². The highest BCUT2D eigenvalue weighted by Crippen LogP contribution is 2.34. The summed E-state index contributed by atoms with van der Waals surface area (Å²) in [6, 6.07) is 7.69. The molecule has 0 atom stereocenters. The Labute approximate surface area is 170 Å². The van der Waals surface area contributed by atoms with E-state index in [2.05, 4.69) is 0 Å². The Bertz CT molecular complexity index is 939. The summed E-state index contributed by atoms with van der Waals surface area (Å²) in [5.41, 5.74) is 0.486. The summed E-state index contributed by atoms with van der Waals surface area (Å²) in [6.07, 6.45) is 0.144. The van der Waals surface area contributed by atoms with E-state index in [0.29, 0.717) is 46.8 Å². The standard InChI is InChI=1S/C20H16Cl2FNO4/c21-15-2-1-3-16(22)19(15)28-9-11-7-24(8-11)20(26)14-5-12-4-13(25)10-27-18(12)6-17(14)23/h1-3,5-6,11H,4,7-10H2. The van der Waals surface area contributed by atoms with Crippen LogP contribution < -0.4 is 9.47 Å². The minimum atomic E-state index is -0.652. The summed E-state index contributed by atoms with van der Waals surface area (Å²) < 4.78 is 25.2. The SMILES string of the molecule is O=C1COc2cc(F)c(C(=O)N3CC(COc4c(Cl)cccc4Cl)C3)cc2C1. The molecule has 1 saturated heterocycles. The molecule has 2 aromatic rings. The fourth-order valence-corrected chi connectivity index (χ4v) is 3.80. The lowest BCUT2D eigenvalue weighted by Gasteiger charge is -2.39. The first-order valence-electron chi connectivity index (χ1n) is 8.75. The summed E-state index contributed by atoms with van der Waals surface area (Å²) in [5, 5.41) is 0.848. The minimum Gasteiger partial charge on any atom is -0.490 e. The zero-order valence-electron chi connectivity index (χ0n) is 14.7. The van der Waals surface area contributed by atoms with E-state index >= 15 is 0 Å². The quantitative estimate of drug-likeness (QED) is 0.750. The molecule has 0 N–H and O–H groups in total. The van der Waals surface area contributed by atoms with Gasteiger partial charge in [-0.1, -0.05) is 29.3 Å². The number of ether oxygens (including phenoxy) is 2. The summed E-state index contributed by atoms with van der Waals surface area (Å²) in [4.78, 5) is 25.7. The van der Waals surface area contributed by atoms with Gasteiger partial charge in [-0.05, 0) is 18.2 Å². The van der Waals surface area contributed by atoms with Gasteiger partial charge in [-0.3, -0.25) is 9.59 Å². The average molecular weight is 424 g/mol. The third kappa shape index (κ3) is 3.66. The predicted octanol–water partition coefficient (Wildman–Crippen LogP) is 3.79. The maximum atomic E-state index is 14.3. The Balaban J connectivity index is 1.38. The molecule has 1 fully saturated rings. The van der Waals surface area contributed by atoms with Crippen LogP contribution >= 0.6 is 23.2 Å². The maximum absolute atomic E-state index is 14.3. The van der Waals surface area contributed by atoms with Crippen molar-refractivity contribution in [1.29, 1.82) is 0 Å². The van der Waals surface area contributed by atoms with Crippen molar-refractivity contribution in [3.63, 3.8) is 0 Å². The second kappa shape index (κ2) is 7.60. The Kier molecular flexibility index (Phi) is 5.17. The van der Waals surface area contributed by atoms with Crippen molar-refractivity contribution in [1.82, 2.24) is 4.90 Å². The third-order valence-electron chi connectivity index (χ3n) is 4.78. The number of para-hydroxylation sites is 1. The van der Waals surface area contributed by atoms with Crippen LogP contribution in [-0.2, 0) is 11.2 Å². The van der Waals surface area contributed by atoms with Gasteiger partial charge in [0, 0.05) is 37.1 Å². The molecule has 2 aliphatic rings. The van der Waals surface area contributed by atoms with Gasteiger partial charge < -0.3 is 14.4 Å². The predicted molar refractivity (Wildman–Crippen MR) is 102 cm³/mol. The van der Waals surface area contributed by atoms with Crippen LogP contribution in [-0.4, -0.2) is 42.9 Å². The molecule has 2 aliphatic heterocycles. The highest BCUT2D eigenvalue weighted by molar-refractivity contribution is 6.37. The van der Waals surface area contributed by atoms with Crippen molar-refractivity contribution in [2.75, 3.05) is 26.3 Å². The Hall–Kier alpha value is -2.31. The molecule has 0 bridgehead atoms. The average Bonchev–Trinajstić information content (AvgIpc) is 2.62. The molecule has 0 saturated carbocycles. The van der Waals surface area contributed by atoms with Crippen LogP contribution in [0.5, 0.6) is 11.5 Å². The molecule has 28 heavy (non-hydrogen) atoms. The number of amides is 1. The number of likely N-dealkylation sites (tertiary alicyclic amines) is 1. The van der Waals surface area contributed by atoms with Crippen LogP contribution in [0.15, 0.2) is 30.3 Å². The van der Waals surface area contributed by atoms with Crippen LogP contribution in [0.3, 0.4) is 0 Å². The van der Waals surface area contributed by atoms with Crippen molar-refractivity contribution >= 4 is 34.9 Å². The van der Waals surface area contributed by atoms with Gasteiger partial charge in [0.1, 0.15) is 18.2 Å². The number of hydrogen-bond acceptors (Lipinski definition) is 4. The van der Waals surface area contributed by atoms with Crippen molar-refractivity contribution in [3.8, 4) is 11.5 Å². The lowest BCUT2D eigenvalue weighted by atomic mass is 9.97. The van der Waals surface area contributed by atoms with Crippen LogP contribution in [0, 0.1) is 11.7 Å². The molecule has 4 rings (SSSR count). The highest BCUT2D eigenvalue weighted by atomic mass is 35.5. The molecular formula is C20H16Cl2FNO4. The number of carbonyl (C=O) groups is 2. The highest BCUT2D eigenvalue weighted by Gasteiger charge is 2.34. The van der Waals surface area contributed by atoms with Crippen molar-refractivity contribution in [2.24, 2.45) is 5.92 Å². The molecule has 8 heteroatoms. The van der Waals surface area contributed by atoms with E-state index < -0.39 is 11.7 Å². The normalized spacial score (nSPS) is 16.2. The van der Waals surface area contributed by atoms with Crippen LogP contribution in [0.4, 0.5) is 4.39 Å². The molecule has 2 heterocycles. The molecule has 0 aromatic heterocycles. The smallest absolute Gasteiger partial charge is 0.256 e. The number of Topliss-reactive ketones (excluding diaryl/α,β-unsaturated/α-hetero) is 1. The van der Waals surface area contributed by atoms with Gasteiger partial charge in [-0.25, -0.2) is 4.39 Å². The first kappa shape index (κ1) is 19.0. The van der Waals surface area contributed by atoms with Gasteiger partial charge in [0.2, 0.25) is 0 Å². The Morgan fingerprint density at radius 3 is 2.68 bits per heavy atom. The second-order valence-electron chi connectivity index (χ2n) is 6.88. The maximum Gasteiger partial charge on any atom is 0.256 e. The number of rotatable bonds is 4. The molecule has 0 aliphatic carbocycles. The zero-order valence-corrected chi connectivity index (χ0v) is 16.2. The number of nitrogens with zero attached hydrogens (tertiary/aromatic N) is 1. The monoisotopic (exact) mass is 423 g/mol. The fourth-order valence-electron chi connectivity index (χ4n) is 3.29. The summed E-state index contributed by atoms with van der Waals surface area (Å²) in [7, 11) is 0. The number of fused-ring (bicyclic) bond motifs is 1. The van der Waals surface area contributed by atoms with Gasteiger partial charge in [0.15, 0.2) is 11.5 Å². The number of benzene rings is 2. The van der Waals surface area contributed by atoms with Crippen LogP contribution in [0.1, 0.15) is 15.9 Å². The van der Waals surface area contributed by atoms with E-state index in [1.165, 1.54) is 12.1 Å². The minimum absolute atomic E-state index is 0.0504. The largest absolute Gasteiger partial charge is 0.490 e. The third-order valence-corrected chi connectivity index (χ3v) is 5.38. The topological polar surface area (TPSA) is 55.8 Å². The lowest BCUT2D eigenvalue weighted by Crippen LogP contribution is -2.52. The van der Waals surface area contributed by atoms with Gasteiger partial charge in [0.25, 0.3) is 5.91 Å². The molecule has 5 nitrogen and oxygen atoms in total. The summed E-state index contributed by atoms with van der Waals surface area (Å²) in [6.45, 7) is 1.16. The molecule has 1 amide bonds. The van der Waals surface area contributed by atoms with Crippen LogP contribution in [0.2, 0.25) is 10.0 Å². The van der Waals surface area contributed by atoms with E-state index in [1.807, 2.05) is 0 Å². The molecule has 146 valence electrons. The van der Waals surface area contributed by atoms with E-state index in [4.69, 9.17) is 32.7 Å². The van der Waals surface area contributed by atoms with E-state index in [1.54, 1.807) is 23.1 Å². The number of halogens is 3. The van der Waals surface area contributed by atoms with Crippen LogP contribution in [0.25, 0.3) is 0 Å². The molecular weight excluding hydrogens is 408 g/mol. The second-order valence-corrected chi connectivity index (χ2v) is 7.70. The number of carbonyl (C=O) groups excluding carboxylic acids is 2. The summed E-state index contributed by atoms with van der Waals surface area (Å²) >= 11 is 12.1. The Morgan fingerprint density at radius 1 is 1.25 bits per heavy atom. The number of ketones is 1. The Morgan fingerprint density at radius 2 is 1.96 bits per heavy atom. The van der Waals surface area contributed by atoms with E-state index in [0.717, 1.165) is 0 Å². The lowest BCUT2D eigenvalue weighted by molar-refractivity contribution is -0.121. The van der Waals surface area contributed by atoms with Gasteiger partial charge in [-0.2, -0.15) is 0 Å². The fraction of sp³-hybridized carbons (Fsp3) is 0.300. The summed E-state index contributed by atoms with van der Waals surface area (Å²) in [5.74, 6) is -0.328. The number of hydrogen-bond donors (Lipinski definition) is 0. The zero-order chi connectivity index (χ0) is 19.8. The molecule has 0 spiro atoms. The van der Waals surface area contributed by atoms with Crippen molar-refractivity contribution in [2.45, 2.75) is 6.42 Å². The van der Waals surface area contributed by atoms with Gasteiger partial charge in [-0.15, -0.1) is 0 Å². The van der Waals surface area contributed by atoms with E-state index in [9.17, 15) is 14.0 Å². The van der Waals surface area contributed by atoms with Crippen molar-refractivity contribution < 1.29 is 23.5 Å². The molecule has 2 aromatic carbocycles. The first-order valence-corrected chi connectivity index (χ1v) is 9.51. The first-order chi connectivity index (χ1) is 13.4. The van der Waals surface area contributed by atoms with Gasteiger partial charge >= 0.3 is 0 Å². The molecule has 0 unspecified atom stereocenters. The molecule has 0 radical (unpaired) electrons. The van der Waals surface area contributed by atoms with E-state index in [-0.39, 0.29) is 30.3 Å².